The van der Waals surface area contributed by atoms with Gasteiger partial charge >= 0.3 is 0 Å². The molecule has 0 saturated heterocycles. The number of unbranched alkanes of at least 4 members (excludes halogenated alkanes) is 9. The van der Waals surface area contributed by atoms with Crippen molar-refractivity contribution < 1.29 is 19.0 Å². The van der Waals surface area contributed by atoms with Crippen LogP contribution in [0.2, 0.25) is 0 Å². The first kappa shape index (κ1) is 22.7. The van der Waals surface area contributed by atoms with E-state index in [1.165, 1.54) is 45.4 Å². The SMILES string of the molecule is CCCCCCCCCCCCC(F)(F)C(O)CC(O)C(C)N. The van der Waals surface area contributed by atoms with E-state index < -0.39 is 24.2 Å². The highest BCUT2D eigenvalue weighted by Gasteiger charge is 2.38. The summed E-state index contributed by atoms with van der Waals surface area (Å²) >= 11 is 0. The van der Waals surface area contributed by atoms with Gasteiger partial charge in [-0.2, -0.15) is 0 Å². The molecule has 0 amide bonds. The van der Waals surface area contributed by atoms with Crippen LogP contribution in [0.25, 0.3) is 0 Å². The maximum atomic E-state index is 13.8. The van der Waals surface area contributed by atoms with Gasteiger partial charge in [-0.05, 0) is 13.3 Å². The van der Waals surface area contributed by atoms with Crippen molar-refractivity contribution in [2.75, 3.05) is 0 Å². The first-order chi connectivity index (χ1) is 10.8. The average Bonchev–Trinajstić information content (AvgIpc) is 2.48. The summed E-state index contributed by atoms with van der Waals surface area (Å²) in [7, 11) is 0. The van der Waals surface area contributed by atoms with Crippen molar-refractivity contribution in [3.63, 3.8) is 0 Å². The molecule has 23 heavy (non-hydrogen) atoms. The van der Waals surface area contributed by atoms with Crippen molar-refractivity contribution in [1.29, 1.82) is 0 Å². The zero-order chi connectivity index (χ0) is 17.7. The molecule has 0 rings (SSSR count). The predicted molar refractivity (Wildman–Crippen MR) is 91.7 cm³/mol. The maximum Gasteiger partial charge on any atom is 0.273 e. The van der Waals surface area contributed by atoms with E-state index in [1.54, 1.807) is 0 Å². The molecule has 0 aliphatic heterocycles. The van der Waals surface area contributed by atoms with Crippen LogP contribution in [0.4, 0.5) is 8.78 Å². The number of aliphatic hydroxyl groups excluding tert-OH is 2. The van der Waals surface area contributed by atoms with E-state index in [4.69, 9.17) is 5.73 Å². The molecule has 0 aromatic heterocycles. The number of halogens is 2. The maximum absolute atomic E-state index is 13.8. The highest BCUT2D eigenvalue weighted by atomic mass is 19.3. The van der Waals surface area contributed by atoms with Gasteiger partial charge in [-0.1, -0.05) is 64.7 Å². The molecule has 0 fully saturated rings. The Morgan fingerprint density at radius 3 is 1.74 bits per heavy atom. The molecule has 5 heteroatoms. The Labute approximate surface area is 140 Å². The van der Waals surface area contributed by atoms with Crippen LogP contribution in [0, 0.1) is 0 Å². The van der Waals surface area contributed by atoms with E-state index >= 15 is 0 Å². The van der Waals surface area contributed by atoms with Crippen LogP contribution in [0.1, 0.15) is 90.9 Å². The molecule has 0 aliphatic rings. The standard InChI is InChI=1S/C18H37F2NO2/c1-3-4-5-6-7-8-9-10-11-12-13-18(19,20)17(23)14-16(22)15(2)21/h15-17,22-23H,3-14,21H2,1-2H3. The summed E-state index contributed by atoms with van der Waals surface area (Å²) in [5.74, 6) is -3.14. The minimum Gasteiger partial charge on any atom is -0.391 e. The minimum atomic E-state index is -3.14. The lowest BCUT2D eigenvalue weighted by Gasteiger charge is -2.25. The normalized spacial score (nSPS) is 16.3. The van der Waals surface area contributed by atoms with E-state index in [1.807, 2.05) is 0 Å². The van der Waals surface area contributed by atoms with Crippen molar-refractivity contribution in [2.45, 2.75) is 115 Å². The number of hydrogen-bond donors (Lipinski definition) is 3. The third kappa shape index (κ3) is 11.8. The summed E-state index contributed by atoms with van der Waals surface area (Å²) in [4.78, 5) is 0. The molecule has 4 N–H and O–H groups in total. The first-order valence-corrected chi connectivity index (χ1v) is 9.30. The van der Waals surface area contributed by atoms with E-state index in [0.717, 1.165) is 19.3 Å². The zero-order valence-corrected chi connectivity index (χ0v) is 14.9. The number of rotatable bonds is 15. The quantitative estimate of drug-likeness (QED) is 0.388. The summed E-state index contributed by atoms with van der Waals surface area (Å²) in [6.07, 6.45) is 7.20. The van der Waals surface area contributed by atoms with Gasteiger partial charge in [0.1, 0.15) is 6.10 Å². The van der Waals surface area contributed by atoms with E-state index in [2.05, 4.69) is 6.92 Å². The molecule has 3 nitrogen and oxygen atoms in total. The van der Waals surface area contributed by atoms with Crippen LogP contribution in [-0.4, -0.2) is 34.4 Å². The van der Waals surface area contributed by atoms with Gasteiger partial charge in [0.15, 0.2) is 0 Å². The molecule has 0 bridgehead atoms. The fourth-order valence-electron chi connectivity index (χ4n) is 2.63. The molecule has 0 aromatic rings. The minimum absolute atomic E-state index is 0.323. The molecule has 3 atom stereocenters. The lowest BCUT2D eigenvalue weighted by atomic mass is 9.97. The van der Waals surface area contributed by atoms with Gasteiger partial charge in [-0.25, -0.2) is 8.78 Å². The summed E-state index contributed by atoms with van der Waals surface area (Å²) in [5, 5.41) is 19.1. The molecule has 0 heterocycles. The Balaban J connectivity index is 3.65. The fourth-order valence-corrected chi connectivity index (χ4v) is 2.63. The number of nitrogens with two attached hydrogens (primary N) is 1. The van der Waals surface area contributed by atoms with E-state index in [-0.39, 0.29) is 12.8 Å². The van der Waals surface area contributed by atoms with Crippen LogP contribution in [0.15, 0.2) is 0 Å². The van der Waals surface area contributed by atoms with Gasteiger partial charge in [-0.15, -0.1) is 0 Å². The van der Waals surface area contributed by atoms with E-state index in [9.17, 15) is 19.0 Å². The van der Waals surface area contributed by atoms with Crippen LogP contribution < -0.4 is 5.73 Å². The first-order valence-electron chi connectivity index (χ1n) is 9.30. The highest BCUT2D eigenvalue weighted by Crippen LogP contribution is 2.29. The molecular weight excluding hydrogens is 300 g/mol. The zero-order valence-electron chi connectivity index (χ0n) is 14.9. The molecule has 0 aromatic carbocycles. The molecule has 3 unspecified atom stereocenters. The second kappa shape index (κ2) is 13.1. The van der Waals surface area contributed by atoms with Crippen molar-refractivity contribution in [3.8, 4) is 0 Å². The third-order valence-electron chi connectivity index (χ3n) is 4.42. The van der Waals surface area contributed by atoms with Gasteiger partial charge in [0, 0.05) is 18.9 Å². The average molecular weight is 337 g/mol. The number of alkyl halides is 2. The Morgan fingerprint density at radius 2 is 1.30 bits per heavy atom. The monoisotopic (exact) mass is 337 g/mol. The Bertz CT molecular complexity index is 276. The van der Waals surface area contributed by atoms with E-state index in [0.29, 0.717) is 6.42 Å². The fraction of sp³-hybridized carbons (Fsp3) is 1.00. The number of aliphatic hydroxyl groups is 2. The molecule has 140 valence electrons. The Hall–Kier alpha value is -0.260. The summed E-state index contributed by atoms with van der Waals surface area (Å²) in [5.41, 5.74) is 5.43. The predicted octanol–water partition coefficient (Wildman–Crippen LogP) is 4.39. The summed E-state index contributed by atoms with van der Waals surface area (Å²) in [6.45, 7) is 3.74. The largest absolute Gasteiger partial charge is 0.391 e. The van der Waals surface area contributed by atoms with Gasteiger partial charge < -0.3 is 15.9 Å². The molecule has 0 spiro atoms. The topological polar surface area (TPSA) is 66.5 Å². The lowest BCUT2D eigenvalue weighted by Crippen LogP contribution is -2.41. The number of hydrogen-bond acceptors (Lipinski definition) is 3. The lowest BCUT2D eigenvalue weighted by molar-refractivity contribution is -0.128. The second-order valence-corrected chi connectivity index (χ2v) is 6.87. The van der Waals surface area contributed by atoms with Gasteiger partial charge in [0.05, 0.1) is 6.10 Å². The van der Waals surface area contributed by atoms with Gasteiger partial charge in [0.25, 0.3) is 5.92 Å². The molecular formula is C18H37F2NO2. The van der Waals surface area contributed by atoms with Crippen LogP contribution in [0.3, 0.4) is 0 Å². The molecule has 0 radical (unpaired) electrons. The summed E-state index contributed by atoms with van der Waals surface area (Å²) < 4.78 is 27.6. The highest BCUT2D eigenvalue weighted by molar-refractivity contribution is 4.81. The van der Waals surface area contributed by atoms with Gasteiger partial charge in [-0.3, -0.25) is 0 Å². The molecule has 0 aliphatic carbocycles. The van der Waals surface area contributed by atoms with Crippen LogP contribution in [-0.2, 0) is 0 Å². The van der Waals surface area contributed by atoms with Gasteiger partial charge in [0.2, 0.25) is 0 Å². The smallest absolute Gasteiger partial charge is 0.273 e. The molecule has 0 saturated carbocycles. The third-order valence-corrected chi connectivity index (χ3v) is 4.42. The van der Waals surface area contributed by atoms with Crippen LogP contribution >= 0.6 is 0 Å². The van der Waals surface area contributed by atoms with Crippen molar-refractivity contribution >= 4 is 0 Å². The Kier molecular flexibility index (Phi) is 12.9. The van der Waals surface area contributed by atoms with Crippen molar-refractivity contribution in [3.05, 3.63) is 0 Å². The summed E-state index contributed by atoms with van der Waals surface area (Å²) in [6, 6.07) is -0.613. The van der Waals surface area contributed by atoms with Crippen LogP contribution in [0.5, 0.6) is 0 Å². The Morgan fingerprint density at radius 1 is 0.870 bits per heavy atom. The second-order valence-electron chi connectivity index (χ2n) is 6.87. The van der Waals surface area contributed by atoms with Crippen molar-refractivity contribution in [2.24, 2.45) is 5.73 Å². The van der Waals surface area contributed by atoms with Crippen molar-refractivity contribution in [1.82, 2.24) is 0 Å².